The third kappa shape index (κ3) is 3.67. The van der Waals surface area contributed by atoms with Crippen LogP contribution in [0, 0.1) is 0 Å². The van der Waals surface area contributed by atoms with E-state index in [0.29, 0.717) is 6.61 Å². The Morgan fingerprint density at radius 3 is 2.28 bits per heavy atom. The maximum Gasteiger partial charge on any atom is 0.192 e. The van der Waals surface area contributed by atoms with Gasteiger partial charge in [0.15, 0.2) is 14.1 Å². The molecule has 3 nitrogen and oxygen atoms in total. The Labute approximate surface area is 113 Å². The zero-order valence-electron chi connectivity index (χ0n) is 12.9. The first-order valence-electron chi connectivity index (χ1n) is 6.61. The number of hydrogen-bond acceptors (Lipinski definition) is 3. The summed E-state index contributed by atoms with van der Waals surface area (Å²) in [4.78, 5) is 0. The highest BCUT2D eigenvalue weighted by Crippen LogP contribution is 2.37. The summed E-state index contributed by atoms with van der Waals surface area (Å²) >= 11 is 0. The Morgan fingerprint density at radius 1 is 1.28 bits per heavy atom. The number of hydrogen-bond donors (Lipinski definition) is 0. The van der Waals surface area contributed by atoms with Gasteiger partial charge in [0.25, 0.3) is 0 Å². The minimum Gasteiger partial charge on any atom is -0.414 e. The zero-order chi connectivity index (χ0) is 14.2. The average Bonchev–Trinajstić information content (AvgIpc) is 2.48. The minimum absolute atomic E-state index is 0.0494. The van der Waals surface area contributed by atoms with Gasteiger partial charge in [-0.15, -0.1) is 6.58 Å². The van der Waals surface area contributed by atoms with Crippen molar-refractivity contribution in [3.05, 3.63) is 12.7 Å². The van der Waals surface area contributed by atoms with Gasteiger partial charge in [-0.2, -0.15) is 0 Å². The van der Waals surface area contributed by atoms with Crippen molar-refractivity contribution in [1.29, 1.82) is 0 Å². The third-order valence-electron chi connectivity index (χ3n) is 3.87. The van der Waals surface area contributed by atoms with E-state index in [-0.39, 0.29) is 17.2 Å². The van der Waals surface area contributed by atoms with Crippen LogP contribution in [-0.2, 0) is 13.9 Å². The molecule has 0 aliphatic carbocycles. The molecule has 2 atom stereocenters. The Bertz CT molecular complexity index is 305. The van der Waals surface area contributed by atoms with E-state index in [1.165, 1.54) is 0 Å². The van der Waals surface area contributed by atoms with Crippen molar-refractivity contribution in [3.63, 3.8) is 0 Å². The molecule has 1 fully saturated rings. The van der Waals surface area contributed by atoms with Gasteiger partial charge in [-0.25, -0.2) is 0 Å². The summed E-state index contributed by atoms with van der Waals surface area (Å²) in [5.41, 5.74) is 0. The normalized spacial score (nSPS) is 28.4. The topological polar surface area (TPSA) is 27.7 Å². The number of rotatable bonds is 4. The molecule has 0 aromatic carbocycles. The third-order valence-corrected chi connectivity index (χ3v) is 8.37. The molecule has 0 radical (unpaired) electrons. The van der Waals surface area contributed by atoms with E-state index in [0.717, 1.165) is 0 Å². The highest BCUT2D eigenvalue weighted by molar-refractivity contribution is 6.74. The van der Waals surface area contributed by atoms with Gasteiger partial charge in [-0.1, -0.05) is 26.8 Å². The van der Waals surface area contributed by atoms with E-state index >= 15 is 0 Å². The summed E-state index contributed by atoms with van der Waals surface area (Å²) in [5.74, 6) is -0.541. The minimum atomic E-state index is -1.73. The van der Waals surface area contributed by atoms with E-state index in [1.807, 2.05) is 13.8 Å². The first-order chi connectivity index (χ1) is 7.98. The van der Waals surface area contributed by atoms with Crippen molar-refractivity contribution < 1.29 is 13.9 Å². The van der Waals surface area contributed by atoms with Crippen LogP contribution in [0.2, 0.25) is 18.1 Å². The Hall–Kier alpha value is -0.163. The molecule has 1 heterocycles. The molecule has 0 aromatic heterocycles. The average molecular weight is 272 g/mol. The van der Waals surface area contributed by atoms with Gasteiger partial charge >= 0.3 is 0 Å². The first kappa shape index (κ1) is 15.9. The van der Waals surface area contributed by atoms with E-state index in [2.05, 4.69) is 40.4 Å². The molecule has 1 saturated heterocycles. The van der Waals surface area contributed by atoms with Gasteiger partial charge in [0.1, 0.15) is 12.2 Å². The van der Waals surface area contributed by atoms with Crippen molar-refractivity contribution in [2.24, 2.45) is 0 Å². The molecule has 18 heavy (non-hydrogen) atoms. The summed E-state index contributed by atoms with van der Waals surface area (Å²) in [6.45, 7) is 19.4. The lowest BCUT2D eigenvalue weighted by atomic mass is 10.2. The molecule has 106 valence electrons. The van der Waals surface area contributed by atoms with Crippen molar-refractivity contribution in [1.82, 2.24) is 0 Å². The Morgan fingerprint density at radius 2 is 1.83 bits per heavy atom. The van der Waals surface area contributed by atoms with E-state index in [9.17, 15) is 0 Å². The summed E-state index contributed by atoms with van der Waals surface area (Å²) < 4.78 is 17.8. The molecular weight excluding hydrogens is 244 g/mol. The molecule has 0 amide bonds. The quantitative estimate of drug-likeness (QED) is 0.577. The molecule has 4 heteroatoms. The van der Waals surface area contributed by atoms with Gasteiger partial charge in [-0.05, 0) is 32.0 Å². The molecule has 0 bridgehead atoms. The molecule has 0 spiro atoms. The molecule has 0 N–H and O–H groups in total. The summed E-state index contributed by atoms with van der Waals surface area (Å²) in [5, 5.41) is 0.214. The van der Waals surface area contributed by atoms with Gasteiger partial charge in [0.05, 0.1) is 6.61 Å². The van der Waals surface area contributed by atoms with Crippen LogP contribution in [0.5, 0.6) is 0 Å². The Balaban J connectivity index is 2.61. The zero-order valence-corrected chi connectivity index (χ0v) is 13.9. The van der Waals surface area contributed by atoms with E-state index in [1.54, 1.807) is 6.08 Å². The van der Waals surface area contributed by atoms with Gasteiger partial charge in [0.2, 0.25) is 0 Å². The fourth-order valence-corrected chi connectivity index (χ4v) is 2.71. The fraction of sp³-hybridized carbons (Fsp3) is 0.857. The van der Waals surface area contributed by atoms with Gasteiger partial charge in [-0.3, -0.25) is 0 Å². The predicted molar refractivity (Wildman–Crippen MR) is 77.2 cm³/mol. The van der Waals surface area contributed by atoms with Crippen LogP contribution >= 0.6 is 0 Å². The van der Waals surface area contributed by atoms with Gasteiger partial charge < -0.3 is 13.9 Å². The number of ether oxygens (including phenoxy) is 2. The van der Waals surface area contributed by atoms with Crippen LogP contribution in [0.1, 0.15) is 34.6 Å². The molecule has 0 saturated carbocycles. The van der Waals surface area contributed by atoms with Crippen molar-refractivity contribution in [2.75, 3.05) is 6.61 Å². The summed E-state index contributed by atoms with van der Waals surface area (Å²) in [6.07, 6.45) is 1.67. The molecular formula is C14H28O3Si. The van der Waals surface area contributed by atoms with E-state index in [4.69, 9.17) is 13.9 Å². The standard InChI is InChI=1S/C14H28O3Si/c1-9-11-12(17-14(5,6)16-11)10-15-18(7,8)13(2,3)4/h9,11-12H,1,10H2,2-8H3/t11-,12-/m0/s1. The first-order valence-corrected chi connectivity index (χ1v) is 9.51. The van der Waals surface area contributed by atoms with E-state index < -0.39 is 14.1 Å². The van der Waals surface area contributed by atoms with Crippen molar-refractivity contribution in [3.8, 4) is 0 Å². The van der Waals surface area contributed by atoms with Crippen molar-refractivity contribution >= 4 is 8.32 Å². The second-order valence-electron chi connectivity index (χ2n) is 6.95. The maximum atomic E-state index is 6.19. The van der Waals surface area contributed by atoms with Crippen LogP contribution in [0.4, 0.5) is 0 Å². The highest BCUT2D eigenvalue weighted by atomic mass is 28.4. The smallest absolute Gasteiger partial charge is 0.192 e. The summed E-state index contributed by atoms with van der Waals surface area (Å²) in [6, 6.07) is 0. The molecule has 1 aliphatic heterocycles. The van der Waals surface area contributed by atoms with Crippen LogP contribution in [-0.4, -0.2) is 32.9 Å². The lowest BCUT2D eigenvalue weighted by Gasteiger charge is -2.37. The maximum absolute atomic E-state index is 6.19. The molecule has 0 unspecified atom stereocenters. The summed E-state index contributed by atoms with van der Waals surface area (Å²) in [7, 11) is -1.73. The van der Waals surface area contributed by atoms with Crippen LogP contribution in [0.25, 0.3) is 0 Å². The molecule has 0 aromatic rings. The van der Waals surface area contributed by atoms with Gasteiger partial charge in [0, 0.05) is 0 Å². The van der Waals surface area contributed by atoms with Crippen molar-refractivity contribution in [2.45, 2.75) is 70.7 Å². The second-order valence-corrected chi connectivity index (χ2v) is 11.8. The monoisotopic (exact) mass is 272 g/mol. The van der Waals surface area contributed by atoms with Crippen LogP contribution in [0.15, 0.2) is 12.7 Å². The fourth-order valence-electron chi connectivity index (χ4n) is 1.70. The second kappa shape index (κ2) is 5.08. The lowest BCUT2D eigenvalue weighted by molar-refractivity contribution is -0.145. The Kier molecular flexibility index (Phi) is 4.48. The highest BCUT2D eigenvalue weighted by Gasteiger charge is 2.43. The van der Waals surface area contributed by atoms with Crippen LogP contribution < -0.4 is 0 Å². The lowest BCUT2D eigenvalue weighted by Crippen LogP contribution is -2.43. The SMILES string of the molecule is C=C[C@@H]1OC(C)(C)O[C@H]1CO[Si](C)(C)C(C)(C)C. The molecule has 1 aliphatic rings. The van der Waals surface area contributed by atoms with Crippen LogP contribution in [0.3, 0.4) is 0 Å². The largest absolute Gasteiger partial charge is 0.414 e. The molecule has 1 rings (SSSR count). The predicted octanol–water partition coefficient (Wildman–Crippen LogP) is 3.71.